The van der Waals surface area contributed by atoms with E-state index in [0.29, 0.717) is 5.82 Å². The topological polar surface area (TPSA) is 57.8 Å². The first kappa shape index (κ1) is 12.2. The quantitative estimate of drug-likeness (QED) is 0.861. The van der Waals surface area contributed by atoms with Crippen molar-refractivity contribution >= 4 is 11.7 Å². The molecule has 0 spiro atoms. The van der Waals surface area contributed by atoms with Gasteiger partial charge in [0.25, 0.3) is 5.91 Å². The molecule has 2 rings (SSSR count). The van der Waals surface area contributed by atoms with Crippen molar-refractivity contribution in [2.45, 2.75) is 13.8 Å². The molecule has 1 aromatic carbocycles. The van der Waals surface area contributed by atoms with Crippen LogP contribution < -0.4 is 5.32 Å². The highest BCUT2D eigenvalue weighted by atomic mass is 19.1. The molecule has 1 amide bonds. The van der Waals surface area contributed by atoms with Gasteiger partial charge in [-0.1, -0.05) is 0 Å². The largest absolute Gasteiger partial charge is 0.305 e. The third-order valence-corrected chi connectivity index (χ3v) is 2.66. The van der Waals surface area contributed by atoms with E-state index in [1.165, 1.54) is 0 Å². The summed E-state index contributed by atoms with van der Waals surface area (Å²) in [5, 5.41) is 8.97. The summed E-state index contributed by atoms with van der Waals surface area (Å²) in [6, 6.07) is 2.71. The summed E-state index contributed by atoms with van der Waals surface area (Å²) in [7, 11) is 0. The number of nitrogens with one attached hydrogen (secondary N) is 2. The van der Waals surface area contributed by atoms with E-state index in [9.17, 15) is 13.6 Å². The summed E-state index contributed by atoms with van der Waals surface area (Å²) in [6.07, 6.45) is 0. The fourth-order valence-corrected chi connectivity index (χ4v) is 1.45. The van der Waals surface area contributed by atoms with Gasteiger partial charge in [0.2, 0.25) is 0 Å². The van der Waals surface area contributed by atoms with Crippen LogP contribution in [0.5, 0.6) is 0 Å². The molecule has 2 aromatic rings. The Hall–Kier alpha value is -2.24. The summed E-state index contributed by atoms with van der Waals surface area (Å²) < 4.78 is 26.3. The lowest BCUT2D eigenvalue weighted by molar-refractivity contribution is 0.102. The van der Waals surface area contributed by atoms with Gasteiger partial charge in [-0.2, -0.15) is 5.10 Å². The van der Waals surface area contributed by atoms with Crippen molar-refractivity contribution in [3.05, 3.63) is 46.7 Å². The second kappa shape index (κ2) is 4.56. The van der Waals surface area contributed by atoms with Gasteiger partial charge >= 0.3 is 0 Å². The molecule has 0 radical (unpaired) electrons. The molecule has 18 heavy (non-hydrogen) atoms. The van der Waals surface area contributed by atoms with Crippen LogP contribution >= 0.6 is 0 Å². The van der Waals surface area contributed by atoms with Crippen LogP contribution in [-0.2, 0) is 0 Å². The van der Waals surface area contributed by atoms with Crippen LogP contribution in [0.25, 0.3) is 0 Å². The molecule has 0 bridgehead atoms. The zero-order valence-electron chi connectivity index (χ0n) is 9.84. The molecule has 94 valence electrons. The van der Waals surface area contributed by atoms with Gasteiger partial charge in [-0.3, -0.25) is 9.89 Å². The highest BCUT2D eigenvalue weighted by molar-refractivity contribution is 6.04. The number of aromatic amines is 1. The third kappa shape index (κ3) is 2.22. The van der Waals surface area contributed by atoms with E-state index in [0.717, 1.165) is 29.5 Å². The summed E-state index contributed by atoms with van der Waals surface area (Å²) in [6.45, 7) is 3.55. The maximum Gasteiger partial charge on any atom is 0.259 e. The Balaban J connectivity index is 2.27. The van der Waals surface area contributed by atoms with Gasteiger partial charge in [0.15, 0.2) is 5.82 Å². The summed E-state index contributed by atoms with van der Waals surface area (Å²) in [5.74, 6) is -1.88. The minimum atomic E-state index is -0.779. The molecule has 0 fully saturated rings. The molecule has 0 unspecified atom stereocenters. The van der Waals surface area contributed by atoms with Gasteiger partial charge in [0.1, 0.15) is 11.6 Å². The summed E-state index contributed by atoms with van der Waals surface area (Å²) in [5.41, 5.74) is 1.19. The van der Waals surface area contributed by atoms with Crippen molar-refractivity contribution in [1.29, 1.82) is 0 Å². The Morgan fingerprint density at radius 2 is 2.06 bits per heavy atom. The van der Waals surface area contributed by atoms with Crippen molar-refractivity contribution in [2.24, 2.45) is 0 Å². The smallest absolute Gasteiger partial charge is 0.259 e. The van der Waals surface area contributed by atoms with Crippen LogP contribution in [0.4, 0.5) is 14.6 Å². The maximum atomic E-state index is 13.4. The molecule has 0 saturated carbocycles. The number of benzene rings is 1. The zero-order chi connectivity index (χ0) is 13.3. The predicted molar refractivity (Wildman–Crippen MR) is 62.4 cm³/mol. The standard InChI is InChI=1S/C12H11F2N3O/c1-6-7(2)16-17-11(6)15-12(18)9-5-8(13)3-4-10(9)14/h3-5H,1-2H3,(H2,15,16,17,18). The number of hydrogen-bond acceptors (Lipinski definition) is 2. The van der Waals surface area contributed by atoms with Gasteiger partial charge in [-0.15, -0.1) is 0 Å². The molecule has 1 aromatic heterocycles. The predicted octanol–water partition coefficient (Wildman–Crippen LogP) is 2.56. The Morgan fingerprint density at radius 3 is 2.67 bits per heavy atom. The van der Waals surface area contributed by atoms with E-state index in [2.05, 4.69) is 15.5 Å². The van der Waals surface area contributed by atoms with Crippen molar-refractivity contribution < 1.29 is 13.6 Å². The number of H-pyrrole nitrogens is 1. The molecular formula is C12H11F2N3O. The fourth-order valence-electron chi connectivity index (χ4n) is 1.45. The zero-order valence-corrected chi connectivity index (χ0v) is 9.84. The number of amides is 1. The molecule has 0 aliphatic carbocycles. The van der Waals surface area contributed by atoms with Gasteiger partial charge in [-0.25, -0.2) is 8.78 Å². The van der Waals surface area contributed by atoms with Crippen LogP contribution in [0.1, 0.15) is 21.6 Å². The van der Waals surface area contributed by atoms with Crippen LogP contribution in [0, 0.1) is 25.5 Å². The van der Waals surface area contributed by atoms with Crippen LogP contribution in [0.15, 0.2) is 18.2 Å². The van der Waals surface area contributed by atoms with E-state index in [4.69, 9.17) is 0 Å². The second-order valence-corrected chi connectivity index (χ2v) is 3.90. The first-order chi connectivity index (χ1) is 8.49. The summed E-state index contributed by atoms with van der Waals surface area (Å²) >= 11 is 0. The SMILES string of the molecule is Cc1[nH]nc(NC(=O)c2cc(F)ccc2F)c1C. The van der Waals surface area contributed by atoms with Gasteiger partial charge in [0.05, 0.1) is 5.56 Å². The minimum Gasteiger partial charge on any atom is -0.305 e. The van der Waals surface area contributed by atoms with Crippen LogP contribution in [0.2, 0.25) is 0 Å². The molecule has 0 aliphatic rings. The third-order valence-electron chi connectivity index (χ3n) is 2.66. The first-order valence-corrected chi connectivity index (χ1v) is 5.27. The second-order valence-electron chi connectivity index (χ2n) is 3.90. The lowest BCUT2D eigenvalue weighted by atomic mass is 10.2. The molecule has 2 N–H and O–H groups in total. The van der Waals surface area contributed by atoms with Gasteiger partial charge in [0, 0.05) is 11.3 Å². The van der Waals surface area contributed by atoms with Crippen molar-refractivity contribution in [3.8, 4) is 0 Å². The average Bonchev–Trinajstić information content (AvgIpc) is 2.64. The lowest BCUT2D eigenvalue weighted by Crippen LogP contribution is -2.15. The number of rotatable bonds is 2. The maximum absolute atomic E-state index is 13.4. The monoisotopic (exact) mass is 251 g/mol. The van der Waals surface area contributed by atoms with E-state index in [1.54, 1.807) is 13.8 Å². The minimum absolute atomic E-state index is 0.307. The molecule has 1 heterocycles. The molecule has 6 heteroatoms. The van der Waals surface area contributed by atoms with Crippen LogP contribution in [-0.4, -0.2) is 16.1 Å². The number of anilines is 1. The highest BCUT2D eigenvalue weighted by Crippen LogP contribution is 2.16. The molecule has 0 saturated heterocycles. The van der Waals surface area contributed by atoms with Gasteiger partial charge < -0.3 is 5.32 Å². The molecule has 0 aliphatic heterocycles. The highest BCUT2D eigenvalue weighted by Gasteiger charge is 2.15. The summed E-state index contributed by atoms with van der Waals surface area (Å²) in [4.78, 5) is 11.8. The number of aromatic nitrogens is 2. The molecule has 4 nitrogen and oxygen atoms in total. The van der Waals surface area contributed by atoms with E-state index in [-0.39, 0.29) is 5.56 Å². The Labute approximate surface area is 102 Å². The number of halogens is 2. The lowest BCUT2D eigenvalue weighted by Gasteiger charge is -2.04. The molecule has 0 atom stereocenters. The van der Waals surface area contributed by atoms with Gasteiger partial charge in [-0.05, 0) is 32.0 Å². The van der Waals surface area contributed by atoms with Crippen molar-refractivity contribution in [2.75, 3.05) is 5.32 Å². The number of nitrogens with zero attached hydrogens (tertiary/aromatic N) is 1. The average molecular weight is 251 g/mol. The number of carbonyl (C=O) groups excluding carboxylic acids is 1. The Kier molecular flexibility index (Phi) is 3.10. The number of aryl methyl sites for hydroxylation is 1. The van der Waals surface area contributed by atoms with E-state index >= 15 is 0 Å². The number of carbonyl (C=O) groups is 1. The first-order valence-electron chi connectivity index (χ1n) is 5.27. The Bertz CT molecular complexity index is 607. The fraction of sp³-hybridized carbons (Fsp3) is 0.167. The van der Waals surface area contributed by atoms with Crippen molar-refractivity contribution in [1.82, 2.24) is 10.2 Å². The van der Waals surface area contributed by atoms with Crippen LogP contribution in [0.3, 0.4) is 0 Å². The van der Waals surface area contributed by atoms with E-state index < -0.39 is 17.5 Å². The van der Waals surface area contributed by atoms with Crippen molar-refractivity contribution in [3.63, 3.8) is 0 Å². The Morgan fingerprint density at radius 1 is 1.33 bits per heavy atom. The normalized spacial score (nSPS) is 10.4. The number of hydrogen-bond donors (Lipinski definition) is 2. The molecular weight excluding hydrogens is 240 g/mol. The van der Waals surface area contributed by atoms with E-state index in [1.807, 2.05) is 0 Å².